The predicted molar refractivity (Wildman–Crippen MR) is 68.3 cm³/mol. The van der Waals surface area contributed by atoms with Gasteiger partial charge in [0.05, 0.1) is 4.90 Å². The van der Waals surface area contributed by atoms with E-state index in [1.54, 1.807) is 19.2 Å². The van der Waals surface area contributed by atoms with Gasteiger partial charge >= 0.3 is 0 Å². The Hall–Kier alpha value is -0.850. The third-order valence-electron chi connectivity index (χ3n) is 2.42. The van der Waals surface area contributed by atoms with E-state index >= 15 is 0 Å². The maximum absolute atomic E-state index is 11.8. The van der Waals surface area contributed by atoms with E-state index in [-0.39, 0.29) is 0 Å². The minimum atomic E-state index is -3.35. The largest absolute Gasteiger partial charge is 0.352 e. The highest BCUT2D eigenvalue weighted by Gasteiger charge is 2.16. The third kappa shape index (κ3) is 3.83. The number of rotatable bonds is 6. The molecule has 1 rings (SSSR count). The Morgan fingerprint density at radius 1 is 1.41 bits per heavy atom. The summed E-state index contributed by atoms with van der Waals surface area (Å²) in [6.07, 6.45) is 1.63. The lowest BCUT2D eigenvalue weighted by atomic mass is 10.3. The second-order valence-corrected chi connectivity index (χ2v) is 6.08. The number of hydrogen-bond acceptors (Lipinski definition) is 3. The summed E-state index contributed by atoms with van der Waals surface area (Å²) in [6.45, 7) is 6.94. The monoisotopic (exact) mass is 259 g/mol. The summed E-state index contributed by atoms with van der Waals surface area (Å²) >= 11 is 0. The van der Waals surface area contributed by atoms with Gasteiger partial charge in [0.2, 0.25) is 10.0 Å². The molecule has 0 aliphatic heterocycles. The molecule has 6 heteroatoms. The molecule has 5 nitrogen and oxygen atoms in total. The Morgan fingerprint density at radius 2 is 2.06 bits per heavy atom. The molecule has 1 aromatic rings. The number of sulfonamides is 1. The summed E-state index contributed by atoms with van der Waals surface area (Å²) in [4.78, 5) is 0.322. The van der Waals surface area contributed by atoms with Crippen molar-refractivity contribution in [3.63, 3.8) is 0 Å². The Bertz CT molecular complexity index is 463. The Balaban J connectivity index is 2.88. The second-order valence-electron chi connectivity index (χ2n) is 4.31. The molecule has 98 valence electrons. The molecule has 0 amide bonds. The molecule has 1 aromatic heterocycles. The number of nitrogens with zero attached hydrogens (tertiary/aromatic N) is 1. The lowest BCUT2D eigenvalue weighted by molar-refractivity contribution is 0.571. The molecule has 0 unspecified atom stereocenters. The van der Waals surface area contributed by atoms with Crippen LogP contribution in [0.3, 0.4) is 0 Å². The third-order valence-corrected chi connectivity index (χ3v) is 3.93. The SMILES string of the molecule is CCNS(=O)(=O)c1cc(CNC(C)C)n(C)c1. The standard InChI is InChI=1S/C11H21N3O2S/c1-5-13-17(15,16)11-6-10(14(4)8-11)7-12-9(2)3/h6,8-9,12-13H,5,7H2,1-4H3. The van der Waals surface area contributed by atoms with Gasteiger partial charge in [-0.25, -0.2) is 13.1 Å². The van der Waals surface area contributed by atoms with E-state index < -0.39 is 10.0 Å². The molecule has 0 atom stereocenters. The van der Waals surface area contributed by atoms with Gasteiger partial charge in [-0.2, -0.15) is 0 Å². The van der Waals surface area contributed by atoms with Gasteiger partial charge in [-0.1, -0.05) is 20.8 Å². The summed E-state index contributed by atoms with van der Waals surface area (Å²) < 4.78 is 27.9. The van der Waals surface area contributed by atoms with E-state index in [1.807, 2.05) is 11.6 Å². The highest BCUT2D eigenvalue weighted by molar-refractivity contribution is 7.89. The first-order chi connectivity index (χ1) is 7.86. The Morgan fingerprint density at radius 3 is 2.59 bits per heavy atom. The second kappa shape index (κ2) is 5.66. The average molecular weight is 259 g/mol. The maximum Gasteiger partial charge on any atom is 0.242 e. The normalized spacial score (nSPS) is 12.3. The van der Waals surface area contributed by atoms with Crippen molar-refractivity contribution in [3.05, 3.63) is 18.0 Å². The molecular formula is C11H21N3O2S. The maximum atomic E-state index is 11.8. The summed E-state index contributed by atoms with van der Waals surface area (Å²) in [6, 6.07) is 2.08. The van der Waals surface area contributed by atoms with Crippen LogP contribution in [0.15, 0.2) is 17.2 Å². The molecule has 0 aliphatic rings. The van der Waals surface area contributed by atoms with Crippen molar-refractivity contribution in [1.29, 1.82) is 0 Å². The number of hydrogen-bond donors (Lipinski definition) is 2. The number of nitrogens with one attached hydrogen (secondary N) is 2. The molecule has 0 spiro atoms. The van der Waals surface area contributed by atoms with Gasteiger partial charge in [0.15, 0.2) is 0 Å². The first kappa shape index (κ1) is 14.2. The molecule has 0 saturated carbocycles. The molecule has 0 radical (unpaired) electrons. The van der Waals surface area contributed by atoms with Crippen LogP contribution in [0, 0.1) is 0 Å². The first-order valence-electron chi connectivity index (χ1n) is 5.75. The topological polar surface area (TPSA) is 63.1 Å². The first-order valence-corrected chi connectivity index (χ1v) is 7.23. The molecule has 0 bridgehead atoms. The Labute approximate surface area is 103 Å². The van der Waals surface area contributed by atoms with Gasteiger partial charge in [0.25, 0.3) is 0 Å². The van der Waals surface area contributed by atoms with E-state index in [4.69, 9.17) is 0 Å². The van der Waals surface area contributed by atoms with E-state index in [0.29, 0.717) is 24.0 Å². The van der Waals surface area contributed by atoms with E-state index in [2.05, 4.69) is 23.9 Å². The van der Waals surface area contributed by atoms with Crippen LogP contribution < -0.4 is 10.0 Å². The van der Waals surface area contributed by atoms with Crippen molar-refractivity contribution in [2.24, 2.45) is 7.05 Å². The summed E-state index contributed by atoms with van der Waals surface area (Å²) in [5, 5.41) is 3.26. The smallest absolute Gasteiger partial charge is 0.242 e. The van der Waals surface area contributed by atoms with Gasteiger partial charge in [0, 0.05) is 38.1 Å². The summed E-state index contributed by atoms with van der Waals surface area (Å²) in [5.41, 5.74) is 0.954. The van der Waals surface area contributed by atoms with Crippen LogP contribution >= 0.6 is 0 Å². The van der Waals surface area contributed by atoms with E-state index in [1.165, 1.54) is 0 Å². The van der Waals surface area contributed by atoms with Crippen LogP contribution in [0.4, 0.5) is 0 Å². The lowest BCUT2D eigenvalue weighted by Gasteiger charge is -2.08. The van der Waals surface area contributed by atoms with Crippen molar-refractivity contribution in [2.45, 2.75) is 38.3 Å². The van der Waals surface area contributed by atoms with Crippen LogP contribution in [0.25, 0.3) is 0 Å². The van der Waals surface area contributed by atoms with Crippen LogP contribution in [-0.4, -0.2) is 25.6 Å². The van der Waals surface area contributed by atoms with Gasteiger partial charge in [0.1, 0.15) is 0 Å². The minimum absolute atomic E-state index is 0.322. The van der Waals surface area contributed by atoms with Crippen molar-refractivity contribution in [2.75, 3.05) is 6.54 Å². The quantitative estimate of drug-likeness (QED) is 0.795. The van der Waals surface area contributed by atoms with E-state index in [9.17, 15) is 8.42 Å². The zero-order chi connectivity index (χ0) is 13.1. The highest BCUT2D eigenvalue weighted by Crippen LogP contribution is 2.13. The number of aryl methyl sites for hydroxylation is 1. The van der Waals surface area contributed by atoms with Crippen LogP contribution in [0.2, 0.25) is 0 Å². The van der Waals surface area contributed by atoms with Gasteiger partial charge in [-0.15, -0.1) is 0 Å². The molecule has 1 heterocycles. The van der Waals surface area contributed by atoms with Crippen LogP contribution in [0.5, 0.6) is 0 Å². The molecule has 0 aromatic carbocycles. The van der Waals surface area contributed by atoms with E-state index in [0.717, 1.165) is 5.69 Å². The fourth-order valence-corrected chi connectivity index (χ4v) is 2.62. The van der Waals surface area contributed by atoms with Crippen molar-refractivity contribution < 1.29 is 8.42 Å². The van der Waals surface area contributed by atoms with Crippen LogP contribution in [0.1, 0.15) is 26.5 Å². The summed E-state index contributed by atoms with van der Waals surface area (Å²) in [7, 11) is -1.50. The lowest BCUT2D eigenvalue weighted by Crippen LogP contribution is -2.23. The minimum Gasteiger partial charge on any atom is -0.352 e. The molecule has 2 N–H and O–H groups in total. The van der Waals surface area contributed by atoms with Crippen molar-refractivity contribution >= 4 is 10.0 Å². The van der Waals surface area contributed by atoms with Crippen molar-refractivity contribution in [1.82, 2.24) is 14.6 Å². The zero-order valence-electron chi connectivity index (χ0n) is 10.8. The summed E-state index contributed by atoms with van der Waals surface area (Å²) in [5.74, 6) is 0. The Kier molecular flexibility index (Phi) is 4.73. The fraction of sp³-hybridized carbons (Fsp3) is 0.636. The predicted octanol–water partition coefficient (Wildman–Crippen LogP) is 0.821. The molecule has 0 aliphatic carbocycles. The molecule has 0 saturated heterocycles. The van der Waals surface area contributed by atoms with Gasteiger partial charge in [-0.3, -0.25) is 0 Å². The highest BCUT2D eigenvalue weighted by atomic mass is 32.2. The van der Waals surface area contributed by atoms with Gasteiger partial charge in [-0.05, 0) is 6.07 Å². The molecule has 0 fully saturated rings. The van der Waals surface area contributed by atoms with Crippen LogP contribution in [-0.2, 0) is 23.6 Å². The fourth-order valence-electron chi connectivity index (χ4n) is 1.48. The molecule has 17 heavy (non-hydrogen) atoms. The zero-order valence-corrected chi connectivity index (χ0v) is 11.6. The average Bonchev–Trinajstić information content (AvgIpc) is 2.57. The van der Waals surface area contributed by atoms with Gasteiger partial charge < -0.3 is 9.88 Å². The molecular weight excluding hydrogens is 238 g/mol. The number of aromatic nitrogens is 1. The van der Waals surface area contributed by atoms with Crippen molar-refractivity contribution in [3.8, 4) is 0 Å².